The lowest BCUT2D eigenvalue weighted by Gasteiger charge is -2.14. The van der Waals surface area contributed by atoms with Crippen molar-refractivity contribution in [3.63, 3.8) is 0 Å². The summed E-state index contributed by atoms with van der Waals surface area (Å²) >= 11 is 0. The first-order valence-electron chi connectivity index (χ1n) is 4.52. The summed E-state index contributed by atoms with van der Waals surface area (Å²) in [5, 5.41) is -1.54. The first-order valence-corrected chi connectivity index (χ1v) is 6.83. The Kier molecular flexibility index (Phi) is 4.37. The molecule has 0 radical (unpaired) electrons. The highest BCUT2D eigenvalue weighted by Crippen LogP contribution is 2.37. The van der Waals surface area contributed by atoms with Crippen LogP contribution in [-0.4, -0.2) is 13.4 Å². The predicted octanol–water partition coefficient (Wildman–Crippen LogP) is 2.42. The van der Waals surface area contributed by atoms with E-state index < -0.39 is 50.0 Å². The second-order valence-electron chi connectivity index (χ2n) is 3.32. The summed E-state index contributed by atoms with van der Waals surface area (Å²) in [4.78, 5) is 3.01. The Hall–Kier alpha value is -1.00. The van der Waals surface area contributed by atoms with Crippen molar-refractivity contribution in [1.29, 1.82) is 0 Å². The van der Waals surface area contributed by atoms with Crippen LogP contribution in [0.5, 0.6) is 0 Å². The molecule has 0 fully saturated rings. The minimum atomic E-state index is -5.19. The number of aromatic nitrogens is 1. The van der Waals surface area contributed by atoms with Gasteiger partial charge in [0.15, 0.2) is 5.03 Å². The lowest BCUT2D eigenvalue weighted by Crippen LogP contribution is -2.17. The molecule has 0 aliphatic carbocycles. The lowest BCUT2D eigenvalue weighted by atomic mass is 10.1. The van der Waals surface area contributed by atoms with Gasteiger partial charge in [0.25, 0.3) is 15.5 Å². The Balaban J connectivity index is 3.73. The van der Waals surface area contributed by atoms with Gasteiger partial charge in [-0.05, 0) is 6.07 Å². The molecule has 0 aliphatic rings. The van der Waals surface area contributed by atoms with Gasteiger partial charge in [-0.2, -0.15) is 13.2 Å². The highest BCUT2D eigenvalue weighted by atomic mass is 35.7. The Morgan fingerprint density at radius 1 is 1.37 bits per heavy atom. The Bertz CT molecular complexity index is 588. The third-order valence-corrected chi connectivity index (χ3v) is 3.28. The molecule has 0 aliphatic heterocycles. The second kappa shape index (κ2) is 5.17. The average molecular weight is 325 g/mol. The van der Waals surface area contributed by atoms with E-state index in [9.17, 15) is 30.4 Å². The van der Waals surface area contributed by atoms with Crippen molar-refractivity contribution in [2.45, 2.75) is 24.2 Å². The van der Waals surface area contributed by atoms with E-state index in [-0.39, 0.29) is 6.07 Å². The van der Waals surface area contributed by atoms with Crippen LogP contribution in [0.15, 0.2) is 11.1 Å². The van der Waals surface area contributed by atoms with Crippen LogP contribution in [-0.2, 0) is 21.8 Å². The molecule has 0 bridgehead atoms. The molecule has 0 unspecified atom stereocenters. The van der Waals surface area contributed by atoms with E-state index >= 15 is 0 Å². The number of nitrogens with two attached hydrogens (primary N) is 1. The number of alkyl halides is 5. The molecule has 0 amide bonds. The summed E-state index contributed by atoms with van der Waals surface area (Å²) in [5.41, 5.74) is 1.44. The summed E-state index contributed by atoms with van der Waals surface area (Å²) in [6, 6.07) is -0.00484. The van der Waals surface area contributed by atoms with E-state index in [2.05, 4.69) is 4.98 Å². The topological polar surface area (TPSA) is 73.0 Å². The van der Waals surface area contributed by atoms with Crippen LogP contribution in [0.1, 0.15) is 23.2 Å². The first kappa shape index (κ1) is 16.1. The predicted molar refractivity (Wildman–Crippen MR) is 55.1 cm³/mol. The van der Waals surface area contributed by atoms with Crippen LogP contribution in [0.25, 0.3) is 0 Å². The molecule has 1 aromatic rings. The van der Waals surface area contributed by atoms with Crippen molar-refractivity contribution in [3.8, 4) is 0 Å². The van der Waals surface area contributed by atoms with Gasteiger partial charge >= 0.3 is 6.18 Å². The maximum Gasteiger partial charge on any atom is 0.419 e. The molecule has 0 spiro atoms. The standard InChI is InChI=1S/C8H6ClF5N2O2S/c9-19(17,18)7-4(8(12,13)14)1-3(6(10)11)5(2-15)16-7/h1,6H,2,15H2. The Morgan fingerprint density at radius 3 is 2.21 bits per heavy atom. The molecular weight excluding hydrogens is 319 g/mol. The van der Waals surface area contributed by atoms with Gasteiger partial charge in [-0.1, -0.05) is 0 Å². The Labute approximate surface area is 108 Å². The molecule has 1 aromatic heterocycles. The zero-order chi connectivity index (χ0) is 15.0. The van der Waals surface area contributed by atoms with E-state index in [0.717, 1.165) is 0 Å². The SMILES string of the molecule is NCc1nc(S(=O)(=O)Cl)c(C(F)(F)F)cc1C(F)F. The minimum Gasteiger partial charge on any atom is -0.325 e. The van der Waals surface area contributed by atoms with Gasteiger partial charge in [0.2, 0.25) is 0 Å². The molecule has 0 atom stereocenters. The number of hydrogen-bond donors (Lipinski definition) is 1. The molecule has 11 heteroatoms. The number of hydrogen-bond acceptors (Lipinski definition) is 4. The number of pyridine rings is 1. The van der Waals surface area contributed by atoms with Crippen molar-refractivity contribution in [1.82, 2.24) is 4.98 Å². The van der Waals surface area contributed by atoms with Crippen LogP contribution in [0.4, 0.5) is 22.0 Å². The minimum absolute atomic E-state index is 0.00484. The van der Waals surface area contributed by atoms with E-state index in [1.54, 1.807) is 0 Å². The normalized spacial score (nSPS) is 13.1. The quantitative estimate of drug-likeness (QED) is 0.684. The highest BCUT2D eigenvalue weighted by molar-refractivity contribution is 8.13. The molecule has 1 rings (SSSR count). The largest absolute Gasteiger partial charge is 0.419 e. The lowest BCUT2D eigenvalue weighted by molar-refractivity contribution is -0.140. The summed E-state index contributed by atoms with van der Waals surface area (Å²) in [6.45, 7) is -0.656. The van der Waals surface area contributed by atoms with E-state index in [1.165, 1.54) is 0 Å². The zero-order valence-corrected chi connectivity index (χ0v) is 10.5. The van der Waals surface area contributed by atoms with E-state index in [0.29, 0.717) is 0 Å². The Morgan fingerprint density at radius 2 is 1.89 bits per heavy atom. The molecule has 0 aromatic carbocycles. The van der Waals surface area contributed by atoms with Gasteiger partial charge in [-0.3, -0.25) is 0 Å². The van der Waals surface area contributed by atoms with Crippen LogP contribution in [0, 0.1) is 0 Å². The van der Waals surface area contributed by atoms with Crippen molar-refractivity contribution in [2.75, 3.05) is 0 Å². The van der Waals surface area contributed by atoms with Gasteiger partial charge in [0.05, 0.1) is 11.3 Å². The molecule has 0 saturated carbocycles. The fraction of sp³-hybridized carbons (Fsp3) is 0.375. The monoisotopic (exact) mass is 324 g/mol. The van der Waals surface area contributed by atoms with Crippen LogP contribution in [0.2, 0.25) is 0 Å². The van der Waals surface area contributed by atoms with Crippen molar-refractivity contribution in [2.24, 2.45) is 5.73 Å². The van der Waals surface area contributed by atoms with Gasteiger partial charge in [-0.25, -0.2) is 22.2 Å². The number of halogens is 6. The maximum absolute atomic E-state index is 12.6. The third kappa shape index (κ3) is 3.51. The number of nitrogens with zero attached hydrogens (tertiary/aromatic N) is 1. The van der Waals surface area contributed by atoms with Crippen molar-refractivity contribution in [3.05, 3.63) is 22.9 Å². The van der Waals surface area contributed by atoms with Crippen molar-refractivity contribution >= 4 is 19.7 Å². The van der Waals surface area contributed by atoms with Crippen molar-refractivity contribution < 1.29 is 30.4 Å². The van der Waals surface area contributed by atoms with Gasteiger partial charge in [-0.15, -0.1) is 0 Å². The fourth-order valence-corrected chi connectivity index (χ4v) is 2.30. The summed E-state index contributed by atoms with van der Waals surface area (Å²) in [7, 11) is -0.0390. The van der Waals surface area contributed by atoms with Gasteiger partial charge in [0.1, 0.15) is 0 Å². The van der Waals surface area contributed by atoms with Crippen LogP contribution >= 0.6 is 10.7 Å². The summed E-state index contributed by atoms with van der Waals surface area (Å²) < 4.78 is 85.0. The summed E-state index contributed by atoms with van der Waals surface area (Å²) in [6.07, 6.45) is -8.47. The molecule has 108 valence electrons. The average Bonchev–Trinajstić information content (AvgIpc) is 2.24. The molecule has 19 heavy (non-hydrogen) atoms. The van der Waals surface area contributed by atoms with Gasteiger partial charge < -0.3 is 5.73 Å². The molecule has 4 nitrogen and oxygen atoms in total. The highest BCUT2D eigenvalue weighted by Gasteiger charge is 2.39. The van der Waals surface area contributed by atoms with Crippen LogP contribution < -0.4 is 5.73 Å². The first-order chi connectivity index (χ1) is 8.48. The number of rotatable bonds is 3. The smallest absolute Gasteiger partial charge is 0.325 e. The van der Waals surface area contributed by atoms with E-state index in [4.69, 9.17) is 16.4 Å². The molecule has 2 N–H and O–H groups in total. The molecule has 1 heterocycles. The third-order valence-electron chi connectivity index (χ3n) is 2.06. The second-order valence-corrected chi connectivity index (χ2v) is 5.80. The van der Waals surface area contributed by atoms with Crippen LogP contribution in [0.3, 0.4) is 0 Å². The van der Waals surface area contributed by atoms with E-state index in [1.807, 2.05) is 0 Å². The fourth-order valence-electron chi connectivity index (χ4n) is 1.29. The summed E-state index contributed by atoms with van der Waals surface area (Å²) in [5.74, 6) is 0. The molecule has 0 saturated heterocycles. The maximum atomic E-state index is 12.6. The molecular formula is C8H6ClF5N2O2S. The zero-order valence-electron chi connectivity index (χ0n) is 8.88. The van der Waals surface area contributed by atoms with Gasteiger partial charge in [0, 0.05) is 22.8 Å².